The molecular formula is C12H16N4O2. The Kier molecular flexibility index (Phi) is 3.95. The number of aryl methyl sites for hydroxylation is 1. The van der Waals surface area contributed by atoms with Gasteiger partial charge in [-0.1, -0.05) is 5.16 Å². The molecular weight excluding hydrogens is 232 g/mol. The molecule has 0 radical (unpaired) electrons. The molecule has 1 aromatic heterocycles. The molecule has 1 aliphatic rings. The van der Waals surface area contributed by atoms with Gasteiger partial charge in [0.25, 0.3) is 5.91 Å². The molecule has 1 N–H and O–H groups in total. The fourth-order valence-electron chi connectivity index (χ4n) is 2.07. The fraction of sp³-hybridized carbons (Fsp3) is 0.583. The van der Waals surface area contributed by atoms with Crippen molar-refractivity contribution >= 4 is 5.91 Å². The fourth-order valence-corrected chi connectivity index (χ4v) is 2.07. The molecule has 0 atom stereocenters. The van der Waals surface area contributed by atoms with E-state index < -0.39 is 0 Å². The van der Waals surface area contributed by atoms with Crippen molar-refractivity contribution in [2.45, 2.75) is 25.8 Å². The highest BCUT2D eigenvalue weighted by Crippen LogP contribution is 2.11. The normalized spacial score (nSPS) is 17.3. The van der Waals surface area contributed by atoms with Crippen LogP contribution in [0.5, 0.6) is 0 Å². The Morgan fingerprint density at radius 3 is 2.94 bits per heavy atom. The number of nitrogens with zero attached hydrogens (tertiary/aromatic N) is 3. The molecule has 2 rings (SSSR count). The highest BCUT2D eigenvalue weighted by Gasteiger charge is 2.21. The lowest BCUT2D eigenvalue weighted by Gasteiger charge is -2.30. The Balaban J connectivity index is 1.81. The van der Waals surface area contributed by atoms with E-state index in [0.717, 1.165) is 25.9 Å². The average Bonchev–Trinajstić information content (AvgIpc) is 2.79. The van der Waals surface area contributed by atoms with Crippen molar-refractivity contribution in [3.63, 3.8) is 0 Å². The number of likely N-dealkylation sites (tertiary alicyclic amines) is 1. The van der Waals surface area contributed by atoms with E-state index in [2.05, 4.69) is 21.4 Å². The van der Waals surface area contributed by atoms with Crippen LogP contribution in [0, 0.1) is 18.3 Å². The molecule has 0 aliphatic carbocycles. The second kappa shape index (κ2) is 5.65. The van der Waals surface area contributed by atoms with Gasteiger partial charge in [-0.25, -0.2) is 0 Å². The lowest BCUT2D eigenvalue weighted by molar-refractivity contribution is 0.0905. The lowest BCUT2D eigenvalue weighted by atomic mass is 10.0. The third-order valence-corrected chi connectivity index (χ3v) is 3.08. The van der Waals surface area contributed by atoms with Crippen molar-refractivity contribution in [3.8, 4) is 6.07 Å². The van der Waals surface area contributed by atoms with Crippen LogP contribution in [0.2, 0.25) is 0 Å². The van der Waals surface area contributed by atoms with Crippen LogP contribution in [-0.4, -0.2) is 41.6 Å². The summed E-state index contributed by atoms with van der Waals surface area (Å²) in [7, 11) is 0. The van der Waals surface area contributed by atoms with Crippen molar-refractivity contribution < 1.29 is 9.32 Å². The van der Waals surface area contributed by atoms with E-state index in [1.165, 1.54) is 0 Å². The molecule has 1 saturated heterocycles. The largest absolute Gasteiger partial charge is 0.361 e. The van der Waals surface area contributed by atoms with E-state index in [1.54, 1.807) is 13.0 Å². The molecule has 6 nitrogen and oxygen atoms in total. The Bertz CT molecular complexity index is 455. The number of rotatable bonds is 3. The van der Waals surface area contributed by atoms with Gasteiger partial charge in [0.2, 0.25) is 0 Å². The van der Waals surface area contributed by atoms with Gasteiger partial charge in [-0.05, 0) is 19.8 Å². The van der Waals surface area contributed by atoms with Crippen LogP contribution in [0.25, 0.3) is 0 Å². The minimum atomic E-state index is -0.189. The number of hydrogen-bond acceptors (Lipinski definition) is 5. The quantitative estimate of drug-likeness (QED) is 0.796. The minimum Gasteiger partial charge on any atom is -0.361 e. The summed E-state index contributed by atoms with van der Waals surface area (Å²) in [5.41, 5.74) is 0.326. The summed E-state index contributed by atoms with van der Waals surface area (Å²) in [6.45, 7) is 3.90. The van der Waals surface area contributed by atoms with Crippen LogP contribution < -0.4 is 5.32 Å². The lowest BCUT2D eigenvalue weighted by Crippen LogP contribution is -2.44. The molecule has 2 heterocycles. The van der Waals surface area contributed by atoms with Crippen molar-refractivity contribution in [2.24, 2.45) is 0 Å². The van der Waals surface area contributed by atoms with Crippen molar-refractivity contribution in [3.05, 3.63) is 17.5 Å². The third-order valence-electron chi connectivity index (χ3n) is 3.08. The van der Waals surface area contributed by atoms with Gasteiger partial charge in [-0.3, -0.25) is 9.69 Å². The number of carbonyl (C=O) groups is 1. The zero-order valence-electron chi connectivity index (χ0n) is 10.3. The zero-order chi connectivity index (χ0) is 13.0. The summed E-state index contributed by atoms with van der Waals surface area (Å²) < 4.78 is 4.87. The number of aromatic nitrogens is 1. The molecule has 0 unspecified atom stereocenters. The number of amides is 1. The van der Waals surface area contributed by atoms with E-state index in [1.807, 2.05) is 0 Å². The summed E-state index contributed by atoms with van der Waals surface area (Å²) in [5, 5.41) is 15.2. The van der Waals surface area contributed by atoms with Crippen LogP contribution in [0.3, 0.4) is 0 Å². The molecule has 1 amide bonds. The van der Waals surface area contributed by atoms with Gasteiger partial charge in [0, 0.05) is 25.2 Å². The zero-order valence-corrected chi connectivity index (χ0v) is 10.3. The smallest absolute Gasteiger partial charge is 0.273 e. The summed E-state index contributed by atoms with van der Waals surface area (Å²) in [5.74, 6) is 0.439. The van der Waals surface area contributed by atoms with E-state index in [4.69, 9.17) is 9.78 Å². The van der Waals surface area contributed by atoms with Crippen molar-refractivity contribution in [2.75, 3.05) is 19.6 Å². The Labute approximate surface area is 106 Å². The number of carbonyl (C=O) groups excluding carboxylic acids is 1. The average molecular weight is 248 g/mol. The summed E-state index contributed by atoms with van der Waals surface area (Å²) in [6, 6.07) is 3.92. The van der Waals surface area contributed by atoms with Gasteiger partial charge in [-0.2, -0.15) is 5.26 Å². The number of nitriles is 1. The molecule has 6 heteroatoms. The molecule has 1 fully saturated rings. The Hall–Kier alpha value is -1.87. The molecule has 0 saturated carbocycles. The predicted molar refractivity (Wildman–Crippen MR) is 63.8 cm³/mol. The van der Waals surface area contributed by atoms with Gasteiger partial charge >= 0.3 is 0 Å². The van der Waals surface area contributed by atoms with E-state index >= 15 is 0 Å². The molecule has 96 valence electrons. The van der Waals surface area contributed by atoms with Crippen LogP contribution >= 0.6 is 0 Å². The maximum Gasteiger partial charge on any atom is 0.273 e. The van der Waals surface area contributed by atoms with Crippen molar-refractivity contribution in [1.82, 2.24) is 15.4 Å². The Morgan fingerprint density at radius 2 is 2.39 bits per heavy atom. The topological polar surface area (TPSA) is 82.2 Å². The number of piperidine rings is 1. The highest BCUT2D eigenvalue weighted by molar-refractivity contribution is 5.92. The molecule has 1 aromatic rings. The summed E-state index contributed by atoms with van der Waals surface area (Å²) in [6.07, 6.45) is 1.73. The highest BCUT2D eigenvalue weighted by atomic mass is 16.5. The molecule has 1 aliphatic heterocycles. The van der Waals surface area contributed by atoms with Gasteiger partial charge in [-0.15, -0.1) is 0 Å². The monoisotopic (exact) mass is 248 g/mol. The first-order valence-electron chi connectivity index (χ1n) is 6.02. The van der Waals surface area contributed by atoms with Crippen LogP contribution in [0.15, 0.2) is 10.6 Å². The van der Waals surface area contributed by atoms with Gasteiger partial charge in [0.15, 0.2) is 5.69 Å². The number of hydrogen-bond donors (Lipinski definition) is 1. The third kappa shape index (κ3) is 3.08. The van der Waals surface area contributed by atoms with Gasteiger partial charge in [0.05, 0.1) is 12.6 Å². The number of nitrogens with one attached hydrogen (secondary N) is 1. The second-order valence-electron chi connectivity index (χ2n) is 4.50. The van der Waals surface area contributed by atoms with Crippen molar-refractivity contribution in [1.29, 1.82) is 5.26 Å². The predicted octanol–water partition coefficient (Wildman–Crippen LogP) is 0.701. The summed E-state index contributed by atoms with van der Waals surface area (Å²) >= 11 is 0. The SMILES string of the molecule is Cc1cc(C(=O)NC2CCN(CC#N)CC2)no1. The van der Waals surface area contributed by atoms with Gasteiger partial charge in [0.1, 0.15) is 5.76 Å². The molecule has 0 spiro atoms. The maximum atomic E-state index is 11.8. The standard InChI is InChI=1S/C12H16N4O2/c1-9-8-11(15-18-9)12(17)14-10-2-5-16(6-3-10)7-4-13/h8,10H,2-3,5-7H2,1H3,(H,14,17). The first kappa shape index (κ1) is 12.6. The van der Waals surface area contributed by atoms with Crippen LogP contribution in [0.1, 0.15) is 29.1 Å². The van der Waals surface area contributed by atoms with E-state index in [-0.39, 0.29) is 11.9 Å². The molecule has 0 aromatic carbocycles. The first-order chi connectivity index (χ1) is 8.69. The van der Waals surface area contributed by atoms with E-state index in [9.17, 15) is 4.79 Å². The Morgan fingerprint density at radius 1 is 1.67 bits per heavy atom. The van der Waals surface area contributed by atoms with Gasteiger partial charge < -0.3 is 9.84 Å². The maximum absolute atomic E-state index is 11.8. The first-order valence-corrected chi connectivity index (χ1v) is 6.02. The van der Waals surface area contributed by atoms with Crippen LogP contribution in [-0.2, 0) is 0 Å². The molecule has 18 heavy (non-hydrogen) atoms. The molecule has 0 bridgehead atoms. The second-order valence-corrected chi connectivity index (χ2v) is 4.50. The van der Waals surface area contributed by atoms with E-state index in [0.29, 0.717) is 18.0 Å². The minimum absolute atomic E-state index is 0.157. The summed E-state index contributed by atoms with van der Waals surface area (Å²) in [4.78, 5) is 13.9. The van der Waals surface area contributed by atoms with Crippen LogP contribution in [0.4, 0.5) is 0 Å².